The Kier molecular flexibility index (Phi) is 10.7. The minimum absolute atomic E-state index is 0.143. The highest BCUT2D eigenvalue weighted by Crippen LogP contribution is 2.40. The van der Waals surface area contributed by atoms with Crippen LogP contribution in [-0.2, 0) is 57.2 Å². The third-order valence-corrected chi connectivity index (χ3v) is 7.56. The highest BCUT2D eigenvalue weighted by atomic mass is 16.6. The molecule has 16 nitrogen and oxygen atoms in total. The molecule has 0 saturated heterocycles. The third-order valence-electron chi connectivity index (χ3n) is 7.56. The molecule has 0 amide bonds. The van der Waals surface area contributed by atoms with Crippen molar-refractivity contribution in [2.75, 3.05) is 6.61 Å². The molecule has 1 aliphatic rings. The minimum atomic E-state index is -2.27. The summed E-state index contributed by atoms with van der Waals surface area (Å²) in [5.41, 5.74) is -4.01. The molecule has 4 rings (SSSR count). The lowest BCUT2D eigenvalue weighted by atomic mass is 9.78. The molecule has 49 heavy (non-hydrogen) atoms. The standard InChI is InChI=1S/C33H36O16/c1-16(34)43-25-13-33(49-20(5)38,14-26(44-17(2)35)30(25)45-18(3)36)31(40)47-27(32(6,7)48-19(4)37)15-42-29-21-8-9-28(39)46-24(21)12-23-22(29)10-11-41-23/h8-12,25-27,30H,13-15H2,1-7H3/t25-,26-,27?,30?,33?/m0/s1. The number of ether oxygens (including phenoxy) is 7. The summed E-state index contributed by atoms with van der Waals surface area (Å²) in [6, 6.07) is 5.78. The summed E-state index contributed by atoms with van der Waals surface area (Å²) in [5.74, 6) is -5.17. The van der Waals surface area contributed by atoms with Gasteiger partial charge in [-0.25, -0.2) is 9.59 Å². The molecule has 2 aromatic heterocycles. The molecule has 3 atom stereocenters. The Hall–Kier alpha value is -5.41. The molecule has 0 bridgehead atoms. The van der Waals surface area contributed by atoms with Crippen LogP contribution in [0.5, 0.6) is 5.75 Å². The summed E-state index contributed by atoms with van der Waals surface area (Å²) in [6.45, 7) is 7.81. The van der Waals surface area contributed by atoms with Gasteiger partial charge in [-0.3, -0.25) is 24.0 Å². The van der Waals surface area contributed by atoms with Crippen molar-refractivity contribution in [3.8, 4) is 5.75 Å². The highest BCUT2D eigenvalue weighted by molar-refractivity contribution is 6.01. The lowest BCUT2D eigenvalue weighted by Gasteiger charge is -2.45. The number of carbonyl (C=O) groups is 6. The maximum atomic E-state index is 14.3. The van der Waals surface area contributed by atoms with Crippen molar-refractivity contribution in [2.24, 2.45) is 0 Å². The largest absolute Gasteiger partial charge is 0.488 e. The average Bonchev–Trinajstić information content (AvgIpc) is 3.42. The molecule has 1 unspecified atom stereocenters. The molecule has 0 radical (unpaired) electrons. The van der Waals surface area contributed by atoms with Crippen molar-refractivity contribution in [3.63, 3.8) is 0 Å². The van der Waals surface area contributed by atoms with Crippen LogP contribution in [0.2, 0.25) is 0 Å². The van der Waals surface area contributed by atoms with Crippen molar-refractivity contribution in [2.45, 2.75) is 96.9 Å². The lowest BCUT2D eigenvalue weighted by molar-refractivity contribution is -0.229. The van der Waals surface area contributed by atoms with E-state index in [1.165, 1.54) is 38.3 Å². The Bertz CT molecular complexity index is 1800. The zero-order valence-corrected chi connectivity index (χ0v) is 27.8. The van der Waals surface area contributed by atoms with Gasteiger partial charge in [-0.15, -0.1) is 0 Å². The number of benzene rings is 1. The molecule has 2 heterocycles. The van der Waals surface area contributed by atoms with Crippen molar-refractivity contribution in [1.29, 1.82) is 0 Å². The van der Waals surface area contributed by atoms with Crippen molar-refractivity contribution < 1.29 is 70.8 Å². The molecule has 264 valence electrons. The summed E-state index contributed by atoms with van der Waals surface area (Å²) in [6.07, 6.45) is -5.43. The van der Waals surface area contributed by atoms with Crippen LogP contribution in [0.4, 0.5) is 0 Å². The van der Waals surface area contributed by atoms with Crippen molar-refractivity contribution in [1.82, 2.24) is 0 Å². The summed E-state index contributed by atoms with van der Waals surface area (Å²) in [7, 11) is 0. The van der Waals surface area contributed by atoms with E-state index in [9.17, 15) is 33.6 Å². The van der Waals surface area contributed by atoms with Crippen LogP contribution < -0.4 is 10.4 Å². The molecule has 0 N–H and O–H groups in total. The lowest BCUT2D eigenvalue weighted by Crippen LogP contribution is -2.62. The van der Waals surface area contributed by atoms with Gasteiger partial charge in [0.2, 0.25) is 5.60 Å². The Morgan fingerprint density at radius 2 is 1.41 bits per heavy atom. The normalized spacial score (nSPS) is 21.2. The molecular weight excluding hydrogens is 652 g/mol. The fourth-order valence-corrected chi connectivity index (χ4v) is 5.73. The Morgan fingerprint density at radius 3 is 1.96 bits per heavy atom. The van der Waals surface area contributed by atoms with Gasteiger partial charge in [-0.2, -0.15) is 0 Å². The highest BCUT2D eigenvalue weighted by Gasteiger charge is 2.59. The predicted molar refractivity (Wildman–Crippen MR) is 164 cm³/mol. The van der Waals surface area contributed by atoms with E-state index in [1.807, 2.05) is 0 Å². The Balaban J connectivity index is 1.76. The second-order valence-corrected chi connectivity index (χ2v) is 12.0. The molecule has 3 aromatic rings. The summed E-state index contributed by atoms with van der Waals surface area (Å²) < 4.78 is 50.0. The number of fused-ring (bicyclic) bond motifs is 2. The zero-order chi connectivity index (χ0) is 36.3. The molecular formula is C33H36O16. The summed E-state index contributed by atoms with van der Waals surface area (Å²) >= 11 is 0. The molecule has 1 fully saturated rings. The molecule has 1 aliphatic carbocycles. The van der Waals surface area contributed by atoms with E-state index in [-0.39, 0.29) is 11.3 Å². The topological polar surface area (TPSA) is 210 Å². The Morgan fingerprint density at radius 1 is 0.816 bits per heavy atom. The van der Waals surface area contributed by atoms with Gasteiger partial charge in [0.1, 0.15) is 41.3 Å². The van der Waals surface area contributed by atoms with Gasteiger partial charge in [0.15, 0.2) is 12.2 Å². The van der Waals surface area contributed by atoms with Gasteiger partial charge in [-0.05, 0) is 26.0 Å². The molecule has 1 saturated carbocycles. The van der Waals surface area contributed by atoms with Gasteiger partial charge >= 0.3 is 41.4 Å². The van der Waals surface area contributed by atoms with Gasteiger partial charge < -0.3 is 42.0 Å². The first-order valence-electron chi connectivity index (χ1n) is 15.1. The minimum Gasteiger partial charge on any atom is -0.488 e. The van der Waals surface area contributed by atoms with Crippen LogP contribution in [0, 0.1) is 0 Å². The molecule has 0 spiro atoms. The average molecular weight is 689 g/mol. The van der Waals surface area contributed by atoms with Crippen LogP contribution in [0.25, 0.3) is 21.9 Å². The molecule has 1 aromatic carbocycles. The number of esters is 6. The predicted octanol–water partition coefficient (Wildman–Crippen LogP) is 3.06. The summed E-state index contributed by atoms with van der Waals surface area (Å²) in [4.78, 5) is 87.0. The number of rotatable bonds is 11. The van der Waals surface area contributed by atoms with Crippen molar-refractivity contribution in [3.05, 3.63) is 40.9 Å². The fourth-order valence-electron chi connectivity index (χ4n) is 5.73. The fraction of sp³-hybridized carbons (Fsp3) is 0.485. The van der Waals surface area contributed by atoms with E-state index in [0.717, 1.165) is 34.6 Å². The van der Waals surface area contributed by atoms with E-state index in [4.69, 9.17) is 42.0 Å². The van der Waals surface area contributed by atoms with Crippen LogP contribution in [0.15, 0.2) is 44.2 Å². The van der Waals surface area contributed by atoms with E-state index < -0.39 is 96.5 Å². The first-order chi connectivity index (χ1) is 22.9. The number of furan rings is 1. The van der Waals surface area contributed by atoms with Gasteiger partial charge in [0.05, 0.1) is 17.0 Å². The maximum absolute atomic E-state index is 14.3. The van der Waals surface area contributed by atoms with Crippen LogP contribution in [0.3, 0.4) is 0 Å². The van der Waals surface area contributed by atoms with Gasteiger partial charge in [-0.1, -0.05) is 0 Å². The second kappa shape index (κ2) is 14.4. The van der Waals surface area contributed by atoms with E-state index >= 15 is 0 Å². The van der Waals surface area contributed by atoms with Crippen LogP contribution in [0.1, 0.15) is 61.3 Å². The van der Waals surface area contributed by atoms with E-state index in [0.29, 0.717) is 16.4 Å². The zero-order valence-electron chi connectivity index (χ0n) is 27.8. The van der Waals surface area contributed by atoms with Crippen LogP contribution >= 0.6 is 0 Å². The molecule has 0 aliphatic heterocycles. The number of hydrogen-bond acceptors (Lipinski definition) is 16. The second-order valence-electron chi connectivity index (χ2n) is 12.0. The number of hydrogen-bond donors (Lipinski definition) is 0. The third kappa shape index (κ3) is 8.55. The number of carbonyl (C=O) groups excluding carboxylic acids is 6. The maximum Gasteiger partial charge on any atom is 0.351 e. The molecule has 16 heteroatoms. The first-order valence-corrected chi connectivity index (χ1v) is 15.1. The summed E-state index contributed by atoms with van der Waals surface area (Å²) in [5, 5.41) is 0.850. The van der Waals surface area contributed by atoms with Gasteiger partial charge in [0.25, 0.3) is 0 Å². The van der Waals surface area contributed by atoms with Crippen molar-refractivity contribution >= 4 is 57.8 Å². The van der Waals surface area contributed by atoms with Crippen LogP contribution in [-0.4, -0.2) is 78.0 Å². The monoisotopic (exact) mass is 688 g/mol. The van der Waals surface area contributed by atoms with E-state index in [2.05, 4.69) is 0 Å². The Labute approximate surface area is 278 Å². The SMILES string of the molecule is CC(=O)OC1[C@@H](OC(C)=O)CC(OC(C)=O)(C(=O)OC(COc2c3ccoc3cc3oc(=O)ccc23)C(C)(C)OC(C)=O)C[C@@H]1OC(C)=O. The quantitative estimate of drug-likeness (QED) is 0.161. The van der Waals surface area contributed by atoms with Gasteiger partial charge in [0, 0.05) is 59.6 Å². The first kappa shape index (κ1) is 36.4. The smallest absolute Gasteiger partial charge is 0.351 e. The van der Waals surface area contributed by atoms with E-state index in [1.54, 1.807) is 6.07 Å².